The molecule has 4 aliphatic rings. The minimum Gasteiger partial charge on any atom is -0.393 e. The van der Waals surface area contributed by atoms with Crippen molar-refractivity contribution in [3.63, 3.8) is 0 Å². The first kappa shape index (κ1) is 17.8. The summed E-state index contributed by atoms with van der Waals surface area (Å²) in [5.41, 5.74) is 0.103. The molecule has 9 atom stereocenters. The van der Waals surface area contributed by atoms with E-state index in [1.165, 1.54) is 6.42 Å². The zero-order valence-corrected chi connectivity index (χ0v) is 16.0. The van der Waals surface area contributed by atoms with Crippen LogP contribution in [0.1, 0.15) is 65.2 Å². The summed E-state index contributed by atoms with van der Waals surface area (Å²) in [5.74, 6) is 2.22. The summed E-state index contributed by atoms with van der Waals surface area (Å²) >= 11 is 0. The maximum Gasteiger partial charge on any atom is 0.223 e. The average Bonchev–Trinajstić information content (AvgIpc) is 2.91. The van der Waals surface area contributed by atoms with Crippen LogP contribution in [0.2, 0.25) is 0 Å². The molecule has 25 heavy (non-hydrogen) atoms. The van der Waals surface area contributed by atoms with Gasteiger partial charge in [-0.1, -0.05) is 13.8 Å². The van der Waals surface area contributed by atoms with E-state index in [0.717, 1.165) is 44.9 Å². The minimum absolute atomic E-state index is 0.0526. The Morgan fingerprint density at radius 1 is 1.04 bits per heavy atom. The lowest BCUT2D eigenvalue weighted by Gasteiger charge is -2.62. The Hall–Kier alpha value is -0.610. The summed E-state index contributed by atoms with van der Waals surface area (Å²) in [6.07, 6.45) is 7.59. The summed E-state index contributed by atoms with van der Waals surface area (Å²) in [5, 5.41) is 24.3. The molecule has 4 nitrogen and oxygen atoms in total. The van der Waals surface area contributed by atoms with Gasteiger partial charge < -0.3 is 15.5 Å². The zero-order chi connectivity index (χ0) is 18.0. The number of nitrogens with one attached hydrogen (secondary N) is 1. The Bertz CT molecular complexity index is 551. The van der Waals surface area contributed by atoms with E-state index in [1.807, 2.05) is 0 Å². The van der Waals surface area contributed by atoms with Crippen LogP contribution >= 0.6 is 0 Å². The van der Waals surface area contributed by atoms with Crippen molar-refractivity contribution < 1.29 is 15.0 Å². The molecule has 0 aromatic heterocycles. The molecule has 4 saturated carbocycles. The first-order chi connectivity index (χ1) is 11.8. The molecule has 0 saturated heterocycles. The number of hydrogen-bond donors (Lipinski definition) is 3. The van der Waals surface area contributed by atoms with E-state index < -0.39 is 0 Å². The van der Waals surface area contributed by atoms with Crippen LogP contribution in [0.5, 0.6) is 0 Å². The predicted octanol–water partition coefficient (Wildman–Crippen LogP) is 2.72. The lowest BCUT2D eigenvalue weighted by atomic mass is 9.44. The Balaban J connectivity index is 1.65. The Kier molecular flexibility index (Phi) is 4.23. The summed E-state index contributed by atoms with van der Waals surface area (Å²) < 4.78 is 0. The van der Waals surface area contributed by atoms with Crippen molar-refractivity contribution in [3.05, 3.63) is 0 Å². The third kappa shape index (κ3) is 2.43. The van der Waals surface area contributed by atoms with Crippen molar-refractivity contribution >= 4 is 5.91 Å². The van der Waals surface area contributed by atoms with Gasteiger partial charge in [0.1, 0.15) is 0 Å². The van der Waals surface area contributed by atoms with Gasteiger partial charge in [-0.05, 0) is 85.9 Å². The molecule has 0 bridgehead atoms. The number of fused-ring (bicyclic) bond motifs is 5. The van der Waals surface area contributed by atoms with Gasteiger partial charge >= 0.3 is 0 Å². The van der Waals surface area contributed by atoms with Crippen LogP contribution in [0.3, 0.4) is 0 Å². The van der Waals surface area contributed by atoms with Crippen LogP contribution in [0, 0.1) is 40.4 Å². The van der Waals surface area contributed by atoms with Gasteiger partial charge in [0.15, 0.2) is 0 Å². The lowest BCUT2D eigenvalue weighted by molar-refractivity contribution is -0.179. The van der Waals surface area contributed by atoms with Crippen molar-refractivity contribution in [2.45, 2.75) is 77.4 Å². The van der Waals surface area contributed by atoms with Crippen molar-refractivity contribution in [3.8, 4) is 0 Å². The number of amides is 1. The lowest BCUT2D eigenvalue weighted by Crippen LogP contribution is -2.59. The molecule has 142 valence electrons. The number of carbonyl (C=O) groups is 1. The molecule has 0 aromatic rings. The fourth-order valence-corrected chi connectivity index (χ4v) is 7.97. The quantitative estimate of drug-likeness (QED) is 0.682. The topological polar surface area (TPSA) is 69.6 Å². The summed E-state index contributed by atoms with van der Waals surface area (Å²) in [7, 11) is 1.74. The van der Waals surface area contributed by atoms with Crippen LogP contribution in [-0.4, -0.2) is 35.4 Å². The summed E-state index contributed by atoms with van der Waals surface area (Å²) in [6, 6.07) is 0. The second-order valence-corrected chi connectivity index (χ2v) is 10.0. The maximum absolute atomic E-state index is 12.4. The average molecular weight is 350 g/mol. The zero-order valence-electron chi connectivity index (χ0n) is 16.0. The largest absolute Gasteiger partial charge is 0.393 e. The van der Waals surface area contributed by atoms with Gasteiger partial charge in [0.2, 0.25) is 5.91 Å². The van der Waals surface area contributed by atoms with E-state index in [4.69, 9.17) is 0 Å². The molecule has 4 rings (SSSR count). The number of aliphatic hydroxyl groups is 2. The maximum atomic E-state index is 12.4. The highest BCUT2D eigenvalue weighted by Crippen LogP contribution is 2.67. The Labute approximate surface area is 151 Å². The van der Waals surface area contributed by atoms with E-state index in [2.05, 4.69) is 19.2 Å². The molecule has 1 amide bonds. The number of aliphatic hydroxyl groups excluding tert-OH is 2. The highest BCUT2D eigenvalue weighted by molar-refractivity contribution is 5.79. The first-order valence-corrected chi connectivity index (χ1v) is 10.4. The standard InChI is InChI=1S/C21H35NO3/c1-20-9-8-13(23)10-12(20)4-5-14-15-6-7-16(19(25)22-3)21(15,2)11-17(24)18(14)20/h12-18,23-24H,4-11H2,1-3H3,(H,22,25). The van der Waals surface area contributed by atoms with Gasteiger partial charge in [0, 0.05) is 13.0 Å². The van der Waals surface area contributed by atoms with E-state index in [1.54, 1.807) is 7.05 Å². The summed E-state index contributed by atoms with van der Waals surface area (Å²) in [4.78, 5) is 12.4. The number of rotatable bonds is 1. The van der Waals surface area contributed by atoms with Crippen molar-refractivity contribution in [2.75, 3.05) is 7.05 Å². The van der Waals surface area contributed by atoms with Crippen molar-refractivity contribution in [1.29, 1.82) is 0 Å². The van der Waals surface area contributed by atoms with Gasteiger partial charge in [0.05, 0.1) is 12.2 Å². The molecular weight excluding hydrogens is 314 g/mol. The normalized spacial score (nSPS) is 55.0. The number of hydrogen-bond acceptors (Lipinski definition) is 3. The van der Waals surface area contributed by atoms with Gasteiger partial charge in [-0.25, -0.2) is 0 Å². The molecule has 0 aromatic carbocycles. The Morgan fingerprint density at radius 2 is 1.80 bits per heavy atom. The molecule has 4 fully saturated rings. The molecule has 4 aliphatic carbocycles. The molecule has 0 heterocycles. The second kappa shape index (κ2) is 5.95. The monoisotopic (exact) mass is 349 g/mol. The van der Waals surface area contributed by atoms with E-state index >= 15 is 0 Å². The van der Waals surface area contributed by atoms with Crippen LogP contribution in [-0.2, 0) is 4.79 Å². The molecule has 4 heteroatoms. The molecule has 0 spiro atoms. The van der Waals surface area contributed by atoms with Crippen LogP contribution < -0.4 is 5.32 Å². The number of carbonyl (C=O) groups excluding carboxylic acids is 1. The van der Waals surface area contributed by atoms with E-state index in [0.29, 0.717) is 23.7 Å². The first-order valence-electron chi connectivity index (χ1n) is 10.4. The third-order valence-corrected chi connectivity index (χ3v) is 9.13. The van der Waals surface area contributed by atoms with E-state index in [9.17, 15) is 15.0 Å². The van der Waals surface area contributed by atoms with E-state index in [-0.39, 0.29) is 34.9 Å². The smallest absolute Gasteiger partial charge is 0.223 e. The fourth-order valence-electron chi connectivity index (χ4n) is 7.97. The SMILES string of the molecule is CNC(=O)C1CCC2C3CCC4CC(O)CCC4(C)C3C(O)CC12C. The second-order valence-electron chi connectivity index (χ2n) is 10.0. The van der Waals surface area contributed by atoms with Crippen LogP contribution in [0.25, 0.3) is 0 Å². The highest BCUT2D eigenvalue weighted by Gasteiger charge is 2.63. The summed E-state index contributed by atoms with van der Waals surface area (Å²) in [6.45, 7) is 4.65. The molecule has 9 unspecified atom stereocenters. The molecular formula is C21H35NO3. The predicted molar refractivity (Wildman–Crippen MR) is 96.7 cm³/mol. The van der Waals surface area contributed by atoms with Crippen molar-refractivity contribution in [2.24, 2.45) is 40.4 Å². The molecule has 3 N–H and O–H groups in total. The minimum atomic E-state index is -0.306. The van der Waals surface area contributed by atoms with Gasteiger partial charge in [0.25, 0.3) is 0 Å². The van der Waals surface area contributed by atoms with Gasteiger partial charge in [-0.2, -0.15) is 0 Å². The van der Waals surface area contributed by atoms with Crippen LogP contribution in [0.4, 0.5) is 0 Å². The van der Waals surface area contributed by atoms with Crippen LogP contribution in [0.15, 0.2) is 0 Å². The Morgan fingerprint density at radius 3 is 2.52 bits per heavy atom. The molecule has 0 aliphatic heterocycles. The van der Waals surface area contributed by atoms with Gasteiger partial charge in [-0.15, -0.1) is 0 Å². The van der Waals surface area contributed by atoms with Gasteiger partial charge in [-0.3, -0.25) is 4.79 Å². The third-order valence-electron chi connectivity index (χ3n) is 9.13. The molecule has 0 radical (unpaired) electrons. The fraction of sp³-hybridized carbons (Fsp3) is 0.952. The van der Waals surface area contributed by atoms with Crippen molar-refractivity contribution in [1.82, 2.24) is 5.32 Å². The highest BCUT2D eigenvalue weighted by atomic mass is 16.3.